The summed E-state index contributed by atoms with van der Waals surface area (Å²) in [5.41, 5.74) is 5.66. The van der Waals surface area contributed by atoms with Gasteiger partial charge in [-0.25, -0.2) is 5.43 Å². The van der Waals surface area contributed by atoms with Gasteiger partial charge in [-0.2, -0.15) is 5.10 Å². The topological polar surface area (TPSA) is 59.9 Å². The molecule has 172 valence electrons. The summed E-state index contributed by atoms with van der Waals surface area (Å²) in [7, 11) is 0. The Kier molecular flexibility index (Phi) is 8.64. The van der Waals surface area contributed by atoms with Gasteiger partial charge in [0.05, 0.1) is 12.8 Å². The number of ether oxygens (including phenoxy) is 2. The molecule has 0 heterocycles. The Hall–Kier alpha value is -3.60. The van der Waals surface area contributed by atoms with Crippen LogP contribution in [0, 0.1) is 0 Å². The van der Waals surface area contributed by atoms with E-state index in [2.05, 4.69) is 43.4 Å². The summed E-state index contributed by atoms with van der Waals surface area (Å²) in [6.07, 6.45) is 3.73. The molecule has 0 fully saturated rings. The second-order valence-electron chi connectivity index (χ2n) is 8.37. The van der Waals surface area contributed by atoms with E-state index in [-0.39, 0.29) is 17.9 Å². The van der Waals surface area contributed by atoms with Gasteiger partial charge in [-0.15, -0.1) is 0 Å². The molecule has 0 aromatic heterocycles. The summed E-state index contributed by atoms with van der Waals surface area (Å²) < 4.78 is 11.2. The first-order valence-electron chi connectivity index (χ1n) is 11.3. The fraction of sp³-hybridized carbons (Fsp3) is 0.286. The molecule has 0 spiro atoms. The standard InChI is InChI=1S/C28H32N2O3/c1-4-5-19-32-25-15-11-22(12-16-25)20-29-30-27(31)21-33-26-17-13-24(14-18-26)28(2,3)23-9-7-6-8-10-23/h6-18,20H,4-5,19,21H2,1-3H3,(H,30,31)/b29-20+. The fourth-order valence-electron chi connectivity index (χ4n) is 3.33. The van der Waals surface area contributed by atoms with Crippen LogP contribution < -0.4 is 14.9 Å². The molecule has 1 amide bonds. The maximum atomic E-state index is 12.0. The Labute approximate surface area is 196 Å². The largest absolute Gasteiger partial charge is 0.494 e. The van der Waals surface area contributed by atoms with Crippen LogP contribution in [0.1, 0.15) is 50.3 Å². The molecule has 0 atom stereocenters. The van der Waals surface area contributed by atoms with E-state index in [1.54, 1.807) is 6.21 Å². The molecule has 0 aliphatic heterocycles. The van der Waals surface area contributed by atoms with Gasteiger partial charge in [0, 0.05) is 5.41 Å². The zero-order valence-corrected chi connectivity index (χ0v) is 19.6. The van der Waals surface area contributed by atoms with Gasteiger partial charge in [-0.3, -0.25) is 4.79 Å². The molecule has 5 nitrogen and oxygen atoms in total. The molecule has 0 aliphatic carbocycles. The van der Waals surface area contributed by atoms with Crippen LogP contribution in [0.4, 0.5) is 0 Å². The normalized spacial score (nSPS) is 11.4. The average molecular weight is 445 g/mol. The molecule has 0 saturated heterocycles. The summed E-state index contributed by atoms with van der Waals surface area (Å²) >= 11 is 0. The lowest BCUT2D eigenvalue weighted by Gasteiger charge is -2.26. The van der Waals surface area contributed by atoms with E-state index in [1.807, 2.05) is 66.7 Å². The van der Waals surface area contributed by atoms with Crippen molar-refractivity contribution in [2.24, 2.45) is 5.10 Å². The SMILES string of the molecule is CCCCOc1ccc(/C=N/NC(=O)COc2ccc(C(C)(C)c3ccccc3)cc2)cc1. The van der Waals surface area contributed by atoms with E-state index < -0.39 is 0 Å². The summed E-state index contributed by atoms with van der Waals surface area (Å²) in [6, 6.07) is 25.8. The van der Waals surface area contributed by atoms with E-state index in [0.29, 0.717) is 12.4 Å². The second kappa shape index (κ2) is 11.9. The number of benzene rings is 3. The van der Waals surface area contributed by atoms with Crippen LogP contribution in [-0.4, -0.2) is 25.3 Å². The highest BCUT2D eigenvalue weighted by atomic mass is 16.5. The minimum atomic E-state index is -0.320. The van der Waals surface area contributed by atoms with Crippen molar-refractivity contribution in [3.63, 3.8) is 0 Å². The van der Waals surface area contributed by atoms with Crippen molar-refractivity contribution in [3.8, 4) is 11.5 Å². The van der Waals surface area contributed by atoms with E-state index >= 15 is 0 Å². The number of nitrogens with one attached hydrogen (secondary N) is 1. The van der Waals surface area contributed by atoms with Gasteiger partial charge in [-0.1, -0.05) is 69.7 Å². The van der Waals surface area contributed by atoms with Crippen molar-refractivity contribution in [1.29, 1.82) is 0 Å². The number of nitrogens with zero attached hydrogens (tertiary/aromatic N) is 1. The van der Waals surface area contributed by atoms with Crippen LogP contribution in [0.15, 0.2) is 84.0 Å². The van der Waals surface area contributed by atoms with E-state index in [1.165, 1.54) is 11.1 Å². The number of carbonyl (C=O) groups is 1. The fourth-order valence-corrected chi connectivity index (χ4v) is 3.33. The lowest BCUT2D eigenvalue weighted by atomic mass is 9.78. The van der Waals surface area contributed by atoms with Crippen LogP contribution >= 0.6 is 0 Å². The molecular formula is C28H32N2O3. The first kappa shape index (κ1) is 24.1. The number of hydrazone groups is 1. The van der Waals surface area contributed by atoms with Crippen molar-refractivity contribution < 1.29 is 14.3 Å². The Bertz CT molecular complexity index is 1030. The molecule has 0 unspecified atom stereocenters. The van der Waals surface area contributed by atoms with Crippen LogP contribution in [-0.2, 0) is 10.2 Å². The van der Waals surface area contributed by atoms with Gasteiger partial charge in [0.15, 0.2) is 6.61 Å². The van der Waals surface area contributed by atoms with Crippen LogP contribution in [0.2, 0.25) is 0 Å². The first-order chi connectivity index (χ1) is 16.0. The molecule has 3 aromatic rings. The summed E-state index contributed by atoms with van der Waals surface area (Å²) in [4.78, 5) is 12.0. The Balaban J connectivity index is 1.45. The van der Waals surface area contributed by atoms with Crippen molar-refractivity contribution in [2.45, 2.75) is 39.0 Å². The van der Waals surface area contributed by atoms with Gasteiger partial charge in [0.25, 0.3) is 5.91 Å². The molecule has 33 heavy (non-hydrogen) atoms. The molecule has 3 aromatic carbocycles. The third kappa shape index (κ3) is 7.21. The maximum absolute atomic E-state index is 12.0. The van der Waals surface area contributed by atoms with Crippen molar-refractivity contribution in [2.75, 3.05) is 13.2 Å². The lowest BCUT2D eigenvalue weighted by Crippen LogP contribution is -2.24. The highest BCUT2D eigenvalue weighted by Crippen LogP contribution is 2.32. The van der Waals surface area contributed by atoms with Gasteiger partial charge >= 0.3 is 0 Å². The summed E-state index contributed by atoms with van der Waals surface area (Å²) in [5, 5.41) is 3.99. The highest BCUT2D eigenvalue weighted by molar-refractivity contribution is 5.83. The quantitative estimate of drug-likeness (QED) is 0.234. The molecule has 3 rings (SSSR count). The number of hydrogen-bond donors (Lipinski definition) is 1. The van der Waals surface area contributed by atoms with Crippen molar-refractivity contribution >= 4 is 12.1 Å². The number of carbonyl (C=O) groups excluding carboxylic acids is 1. The first-order valence-corrected chi connectivity index (χ1v) is 11.3. The predicted molar refractivity (Wildman–Crippen MR) is 133 cm³/mol. The molecule has 0 bridgehead atoms. The molecule has 0 aliphatic rings. The van der Waals surface area contributed by atoms with Crippen LogP contribution in [0.25, 0.3) is 0 Å². The van der Waals surface area contributed by atoms with E-state index in [4.69, 9.17) is 9.47 Å². The van der Waals surface area contributed by atoms with Gasteiger partial charge in [0.2, 0.25) is 0 Å². The maximum Gasteiger partial charge on any atom is 0.277 e. The minimum absolute atomic E-state index is 0.108. The Morgan fingerprint density at radius 2 is 1.48 bits per heavy atom. The van der Waals surface area contributed by atoms with Gasteiger partial charge in [-0.05, 0) is 59.5 Å². The van der Waals surface area contributed by atoms with Gasteiger partial charge in [0.1, 0.15) is 11.5 Å². The molecule has 0 saturated carbocycles. The summed E-state index contributed by atoms with van der Waals surface area (Å²) in [6.45, 7) is 7.12. The second-order valence-corrected chi connectivity index (χ2v) is 8.37. The van der Waals surface area contributed by atoms with Gasteiger partial charge < -0.3 is 9.47 Å². The minimum Gasteiger partial charge on any atom is -0.494 e. The molecule has 5 heteroatoms. The Morgan fingerprint density at radius 3 is 2.15 bits per heavy atom. The number of rotatable bonds is 11. The summed E-state index contributed by atoms with van der Waals surface area (Å²) in [5.74, 6) is 1.15. The lowest BCUT2D eigenvalue weighted by molar-refractivity contribution is -0.123. The number of amides is 1. The zero-order valence-electron chi connectivity index (χ0n) is 19.6. The third-order valence-electron chi connectivity index (χ3n) is 5.49. The smallest absolute Gasteiger partial charge is 0.277 e. The van der Waals surface area contributed by atoms with E-state index in [9.17, 15) is 4.79 Å². The third-order valence-corrected chi connectivity index (χ3v) is 5.49. The zero-order chi connectivity index (χ0) is 23.5. The van der Waals surface area contributed by atoms with Crippen LogP contribution in [0.5, 0.6) is 11.5 Å². The monoisotopic (exact) mass is 444 g/mol. The average Bonchev–Trinajstić information content (AvgIpc) is 2.85. The number of hydrogen-bond acceptors (Lipinski definition) is 4. The molecular weight excluding hydrogens is 412 g/mol. The van der Waals surface area contributed by atoms with Crippen molar-refractivity contribution in [3.05, 3.63) is 95.6 Å². The molecule has 1 N–H and O–H groups in total. The Morgan fingerprint density at radius 1 is 0.879 bits per heavy atom. The predicted octanol–water partition coefficient (Wildman–Crippen LogP) is 5.72. The highest BCUT2D eigenvalue weighted by Gasteiger charge is 2.22. The van der Waals surface area contributed by atoms with Crippen molar-refractivity contribution in [1.82, 2.24) is 5.43 Å². The van der Waals surface area contributed by atoms with Crippen LogP contribution in [0.3, 0.4) is 0 Å². The van der Waals surface area contributed by atoms with E-state index in [0.717, 1.165) is 24.2 Å². The molecule has 0 radical (unpaired) electrons. The number of unbranched alkanes of at least 4 members (excludes halogenated alkanes) is 1.